The van der Waals surface area contributed by atoms with Crippen LogP contribution < -0.4 is 4.90 Å². The van der Waals surface area contributed by atoms with Gasteiger partial charge in [-0.3, -0.25) is 9.36 Å². The summed E-state index contributed by atoms with van der Waals surface area (Å²) in [7, 11) is 1.73. The van der Waals surface area contributed by atoms with E-state index in [1.807, 2.05) is 30.3 Å². The fourth-order valence-corrected chi connectivity index (χ4v) is 3.31. The molecule has 0 saturated heterocycles. The van der Waals surface area contributed by atoms with Crippen molar-refractivity contribution in [3.63, 3.8) is 0 Å². The summed E-state index contributed by atoms with van der Waals surface area (Å²) in [5.74, 6) is -0.441. The van der Waals surface area contributed by atoms with Crippen molar-refractivity contribution in [3.8, 4) is 5.69 Å². The molecule has 128 valence electrons. The molecule has 1 amide bonds. The van der Waals surface area contributed by atoms with Gasteiger partial charge in [-0.15, -0.1) is 10.2 Å². The average Bonchev–Trinajstić information content (AvgIpc) is 3.09. The van der Waals surface area contributed by atoms with E-state index in [0.717, 1.165) is 5.69 Å². The first-order valence-electron chi connectivity index (χ1n) is 7.72. The first kappa shape index (κ1) is 17.2. The Bertz CT molecular complexity index is 868. The summed E-state index contributed by atoms with van der Waals surface area (Å²) in [6.45, 7) is 1.80. The number of amides is 1. The molecule has 0 spiro atoms. The van der Waals surface area contributed by atoms with Gasteiger partial charge in [0.05, 0.1) is 10.9 Å². The molecule has 25 heavy (non-hydrogen) atoms. The summed E-state index contributed by atoms with van der Waals surface area (Å²) in [5.41, 5.74) is 1.17. The van der Waals surface area contributed by atoms with Crippen molar-refractivity contribution < 1.29 is 9.18 Å². The van der Waals surface area contributed by atoms with Gasteiger partial charge in [-0.2, -0.15) is 0 Å². The predicted molar refractivity (Wildman–Crippen MR) is 96.5 cm³/mol. The number of nitrogens with zero attached hydrogens (tertiary/aromatic N) is 4. The number of carbonyl (C=O) groups is 1. The van der Waals surface area contributed by atoms with E-state index in [0.29, 0.717) is 10.8 Å². The highest BCUT2D eigenvalue weighted by atomic mass is 32.2. The summed E-state index contributed by atoms with van der Waals surface area (Å²) in [4.78, 5) is 14.3. The summed E-state index contributed by atoms with van der Waals surface area (Å²) >= 11 is 1.24. The third-order valence-corrected chi connectivity index (χ3v) is 4.78. The Balaban J connectivity index is 1.78. The highest BCUT2D eigenvalue weighted by Gasteiger charge is 2.22. The topological polar surface area (TPSA) is 51.0 Å². The number of para-hydroxylation sites is 2. The van der Waals surface area contributed by atoms with Gasteiger partial charge in [-0.05, 0) is 31.2 Å². The van der Waals surface area contributed by atoms with Crippen molar-refractivity contribution in [2.24, 2.45) is 0 Å². The van der Waals surface area contributed by atoms with Crippen molar-refractivity contribution in [1.82, 2.24) is 14.8 Å². The van der Waals surface area contributed by atoms with Gasteiger partial charge in [-0.1, -0.05) is 42.1 Å². The van der Waals surface area contributed by atoms with Gasteiger partial charge in [0, 0.05) is 12.7 Å². The fraction of sp³-hybridized carbons (Fsp3) is 0.167. The standard InChI is InChI=1S/C18H17FN4OS/c1-13(17(24)22(2)14-8-4-3-5-9-14)25-18-21-20-12-23(18)16-11-7-6-10-15(16)19/h3-13H,1-2H3/t13-/m0/s1. The lowest BCUT2D eigenvalue weighted by Gasteiger charge is -2.21. The molecule has 1 aromatic heterocycles. The highest BCUT2D eigenvalue weighted by molar-refractivity contribution is 8.00. The van der Waals surface area contributed by atoms with Gasteiger partial charge < -0.3 is 4.90 Å². The smallest absolute Gasteiger partial charge is 0.240 e. The first-order chi connectivity index (χ1) is 12.1. The number of thioether (sulfide) groups is 1. The maximum absolute atomic E-state index is 14.0. The van der Waals surface area contributed by atoms with Crippen molar-refractivity contribution >= 4 is 23.4 Å². The van der Waals surface area contributed by atoms with Crippen LogP contribution in [0.1, 0.15) is 6.92 Å². The second-order valence-electron chi connectivity index (χ2n) is 5.43. The highest BCUT2D eigenvalue weighted by Crippen LogP contribution is 2.26. The zero-order chi connectivity index (χ0) is 17.8. The second kappa shape index (κ2) is 7.48. The second-order valence-corrected chi connectivity index (χ2v) is 6.74. The number of anilines is 1. The van der Waals surface area contributed by atoms with Gasteiger partial charge in [0.1, 0.15) is 12.1 Å². The molecule has 0 unspecified atom stereocenters. The van der Waals surface area contributed by atoms with Crippen LogP contribution in [0.5, 0.6) is 0 Å². The SMILES string of the molecule is C[C@H](Sc1nncn1-c1ccccc1F)C(=O)N(C)c1ccccc1. The summed E-state index contributed by atoms with van der Waals surface area (Å²) < 4.78 is 15.6. The largest absolute Gasteiger partial charge is 0.315 e. The van der Waals surface area contributed by atoms with E-state index < -0.39 is 5.25 Å². The maximum atomic E-state index is 14.0. The molecule has 0 radical (unpaired) electrons. The van der Waals surface area contributed by atoms with Crippen molar-refractivity contribution in [2.75, 3.05) is 11.9 Å². The third-order valence-electron chi connectivity index (χ3n) is 3.73. The number of carbonyl (C=O) groups excluding carboxylic acids is 1. The Kier molecular flexibility index (Phi) is 5.14. The molecule has 1 heterocycles. The minimum Gasteiger partial charge on any atom is -0.315 e. The van der Waals surface area contributed by atoms with E-state index in [1.165, 1.54) is 24.2 Å². The molecular weight excluding hydrogens is 339 g/mol. The Morgan fingerprint density at radius 3 is 2.56 bits per heavy atom. The predicted octanol–water partition coefficient (Wildman–Crippen LogP) is 3.55. The Hall–Kier alpha value is -2.67. The molecule has 0 N–H and O–H groups in total. The van der Waals surface area contributed by atoms with Gasteiger partial charge in [-0.25, -0.2) is 4.39 Å². The van der Waals surface area contributed by atoms with Gasteiger partial charge in [0.15, 0.2) is 5.16 Å². The molecule has 5 nitrogen and oxygen atoms in total. The number of rotatable bonds is 5. The molecule has 7 heteroatoms. The molecule has 2 aromatic carbocycles. The lowest BCUT2D eigenvalue weighted by Crippen LogP contribution is -2.33. The fourth-order valence-electron chi connectivity index (χ4n) is 2.38. The molecule has 0 bridgehead atoms. The van der Waals surface area contributed by atoms with E-state index in [1.54, 1.807) is 41.6 Å². The zero-order valence-electron chi connectivity index (χ0n) is 13.8. The first-order valence-corrected chi connectivity index (χ1v) is 8.60. The van der Waals surface area contributed by atoms with Crippen LogP contribution in [-0.4, -0.2) is 33.0 Å². The van der Waals surface area contributed by atoms with E-state index >= 15 is 0 Å². The minimum atomic E-state index is -0.403. The Labute approximate surface area is 149 Å². The normalized spacial score (nSPS) is 12.0. The zero-order valence-corrected chi connectivity index (χ0v) is 14.7. The van der Waals surface area contributed by atoms with Crippen LogP contribution >= 0.6 is 11.8 Å². The molecule has 1 atom stereocenters. The minimum absolute atomic E-state index is 0.0701. The van der Waals surface area contributed by atoms with Crippen LogP contribution in [0.2, 0.25) is 0 Å². The quantitative estimate of drug-likeness (QED) is 0.656. The average molecular weight is 356 g/mol. The van der Waals surface area contributed by atoms with Gasteiger partial charge >= 0.3 is 0 Å². The molecule has 0 aliphatic rings. The Morgan fingerprint density at radius 2 is 1.84 bits per heavy atom. The van der Waals surface area contributed by atoms with Crippen LogP contribution in [-0.2, 0) is 4.79 Å². The monoisotopic (exact) mass is 356 g/mol. The van der Waals surface area contributed by atoms with E-state index in [9.17, 15) is 9.18 Å². The number of halogens is 1. The van der Waals surface area contributed by atoms with E-state index in [-0.39, 0.29) is 11.7 Å². The molecule has 0 aliphatic carbocycles. The van der Waals surface area contributed by atoms with Gasteiger partial charge in [0.25, 0.3) is 0 Å². The lowest BCUT2D eigenvalue weighted by atomic mass is 10.3. The Morgan fingerprint density at radius 1 is 1.16 bits per heavy atom. The molecule has 0 aliphatic heterocycles. The number of benzene rings is 2. The van der Waals surface area contributed by atoms with Crippen molar-refractivity contribution in [3.05, 3.63) is 66.7 Å². The van der Waals surface area contributed by atoms with Gasteiger partial charge in [0.2, 0.25) is 5.91 Å². The number of hydrogen-bond donors (Lipinski definition) is 0. The number of aromatic nitrogens is 3. The lowest BCUT2D eigenvalue weighted by molar-refractivity contribution is -0.117. The molecule has 0 saturated carbocycles. The molecular formula is C18H17FN4OS. The van der Waals surface area contributed by atoms with Crippen LogP contribution in [0.4, 0.5) is 10.1 Å². The molecule has 0 fully saturated rings. The number of hydrogen-bond acceptors (Lipinski definition) is 4. The van der Waals surface area contributed by atoms with Crippen LogP contribution in [0.25, 0.3) is 5.69 Å². The van der Waals surface area contributed by atoms with Crippen LogP contribution in [0.3, 0.4) is 0 Å². The van der Waals surface area contributed by atoms with Crippen LogP contribution in [0, 0.1) is 5.82 Å². The maximum Gasteiger partial charge on any atom is 0.240 e. The van der Waals surface area contributed by atoms with Crippen molar-refractivity contribution in [1.29, 1.82) is 0 Å². The van der Waals surface area contributed by atoms with E-state index in [2.05, 4.69) is 10.2 Å². The molecule has 3 aromatic rings. The van der Waals surface area contributed by atoms with E-state index in [4.69, 9.17) is 0 Å². The van der Waals surface area contributed by atoms with Crippen molar-refractivity contribution in [2.45, 2.75) is 17.3 Å². The van der Waals surface area contributed by atoms with Crippen LogP contribution in [0.15, 0.2) is 66.1 Å². The summed E-state index contributed by atoms with van der Waals surface area (Å²) in [6, 6.07) is 15.8. The third kappa shape index (κ3) is 3.71. The summed E-state index contributed by atoms with van der Waals surface area (Å²) in [5, 5.41) is 7.94. The summed E-state index contributed by atoms with van der Waals surface area (Å²) in [6.07, 6.45) is 1.44. The molecule has 3 rings (SSSR count).